The van der Waals surface area contributed by atoms with Crippen LogP contribution in [-0.2, 0) is 52.2 Å². The number of fused-ring (bicyclic) bond motifs is 7. The van der Waals surface area contributed by atoms with E-state index in [0.29, 0.717) is 38.5 Å². The first-order valence-electron chi connectivity index (χ1n) is 30.5. The van der Waals surface area contributed by atoms with Crippen molar-refractivity contribution in [3.63, 3.8) is 0 Å². The van der Waals surface area contributed by atoms with E-state index in [4.69, 9.17) is 47.4 Å². The molecule has 9 fully saturated rings. The fourth-order valence-corrected chi connectivity index (χ4v) is 17.5. The molecule has 5 aliphatic heterocycles. The topological polar surface area (TPSA) is 393 Å². The quantitative estimate of drug-likeness (QED) is 0.0600. The van der Waals surface area contributed by atoms with Crippen molar-refractivity contribution in [3.05, 3.63) is 11.6 Å². The van der Waals surface area contributed by atoms with Gasteiger partial charge in [-0.05, 0) is 123 Å². The Labute approximate surface area is 490 Å². The maximum absolute atomic E-state index is 15.2. The molecule has 5 aliphatic carbocycles. The number of carbonyl (C=O) groups is 1. The fourth-order valence-electron chi connectivity index (χ4n) is 17.5. The van der Waals surface area contributed by atoms with Crippen LogP contribution in [0.25, 0.3) is 0 Å². The summed E-state index contributed by atoms with van der Waals surface area (Å²) in [4.78, 5) is 15.2. The number of carbonyl (C=O) groups excluding carboxylic acids is 1. The molecule has 0 spiro atoms. The zero-order chi connectivity index (χ0) is 61.3. The van der Waals surface area contributed by atoms with Crippen LogP contribution in [0.15, 0.2) is 11.6 Å². The summed E-state index contributed by atoms with van der Waals surface area (Å²) in [6.07, 6.45) is -27.9. The molecular weight excluding hydrogens is 1110 g/mol. The van der Waals surface area contributed by atoms with Crippen molar-refractivity contribution >= 4 is 5.97 Å². The molecule has 0 unspecified atom stereocenters. The largest absolute Gasteiger partial charge is 0.432 e. The summed E-state index contributed by atoms with van der Waals surface area (Å²) in [6.45, 7) is 17.3. The molecule has 4 saturated carbocycles. The van der Waals surface area contributed by atoms with E-state index in [2.05, 4.69) is 54.5 Å². The molecule has 5 saturated heterocycles. The van der Waals surface area contributed by atoms with Crippen LogP contribution in [0.4, 0.5) is 0 Å². The van der Waals surface area contributed by atoms with E-state index in [9.17, 15) is 71.5 Å². The molecule has 5 heterocycles. The Hall–Kier alpha value is -1.71. The highest BCUT2D eigenvalue weighted by Gasteiger charge is 2.70. The highest BCUT2D eigenvalue weighted by atomic mass is 16.8. The number of aliphatic hydroxyl groups is 14. The second-order valence-corrected chi connectivity index (χ2v) is 28.6. The van der Waals surface area contributed by atoms with Crippen molar-refractivity contribution in [1.82, 2.24) is 0 Å². The van der Waals surface area contributed by atoms with Crippen LogP contribution in [-0.4, -0.2) is 251 Å². The second-order valence-electron chi connectivity index (χ2n) is 28.6. The normalized spacial score (nSPS) is 54.6. The SMILES string of the molecule is C[C@@H]1O[C@@H](O[C@H]2[C@H](O[C@H]3CC[C@]4(C)[C@H]5CC=C6[C@H]7CC(C)(C)CC[C@]7(C(=O)O[C@@H]7O[C@H](CO[C@@H]8O[C@H](CO)[C@@H](O[C@@H]9O[C@@H](C)[C@H](O)[C@@H](O)[C@H]9O)[C@H](O)[C@H]8O)[C@@H](O)[C@H](O)[C@H]7O)CC[C@@]6(C)[C@]5(C)CC[C@H]4C3(C)C)OC[C@H](O)[C@@H]2O)[C@H](O)[C@H](O)[C@H]1O. The van der Waals surface area contributed by atoms with Gasteiger partial charge in [0.15, 0.2) is 25.2 Å². The molecule has 0 amide bonds. The van der Waals surface area contributed by atoms with Gasteiger partial charge in [-0.25, -0.2) is 0 Å². The van der Waals surface area contributed by atoms with Gasteiger partial charge >= 0.3 is 5.97 Å². The molecule has 10 rings (SSSR count). The van der Waals surface area contributed by atoms with Crippen molar-refractivity contribution in [3.8, 4) is 0 Å². The highest BCUT2D eigenvalue weighted by Crippen LogP contribution is 2.76. The van der Waals surface area contributed by atoms with E-state index < -0.39 is 177 Å². The zero-order valence-electron chi connectivity index (χ0n) is 49.7. The van der Waals surface area contributed by atoms with Gasteiger partial charge in [0.05, 0.1) is 43.5 Å². The first-order valence-corrected chi connectivity index (χ1v) is 30.5. The van der Waals surface area contributed by atoms with Crippen LogP contribution in [0, 0.1) is 50.2 Å². The molecule has 84 heavy (non-hydrogen) atoms. The van der Waals surface area contributed by atoms with Crippen molar-refractivity contribution < 1.29 is 124 Å². The number of allylic oxidation sites excluding steroid dienone is 2. The van der Waals surface area contributed by atoms with Crippen molar-refractivity contribution in [2.75, 3.05) is 19.8 Å². The lowest BCUT2D eigenvalue weighted by Gasteiger charge is -2.71. The molecular formula is C59H96O25. The Morgan fingerprint density at radius 3 is 1.76 bits per heavy atom. The Balaban J connectivity index is 0.824. The summed E-state index contributed by atoms with van der Waals surface area (Å²) in [5, 5.41) is 151. The second kappa shape index (κ2) is 23.8. The van der Waals surface area contributed by atoms with Gasteiger partial charge in [0.25, 0.3) is 0 Å². The Kier molecular flexibility index (Phi) is 18.5. The lowest BCUT2D eigenvalue weighted by molar-refractivity contribution is -0.364. The Morgan fingerprint density at radius 2 is 1.13 bits per heavy atom. The third-order valence-corrected chi connectivity index (χ3v) is 23.0. The molecule has 32 atom stereocenters. The molecule has 0 bridgehead atoms. The summed E-state index contributed by atoms with van der Waals surface area (Å²) in [5.41, 5.74) is -1.12. The minimum absolute atomic E-state index is 0.150. The predicted molar refractivity (Wildman–Crippen MR) is 287 cm³/mol. The monoisotopic (exact) mass is 1200 g/mol. The lowest BCUT2D eigenvalue weighted by Crippen LogP contribution is -2.66. The minimum atomic E-state index is -1.88. The van der Waals surface area contributed by atoms with E-state index in [1.807, 2.05) is 0 Å². The van der Waals surface area contributed by atoms with Crippen LogP contribution in [0.5, 0.6) is 0 Å². The predicted octanol–water partition coefficient (Wildman–Crippen LogP) is -1.52. The lowest BCUT2D eigenvalue weighted by atomic mass is 9.33. The van der Waals surface area contributed by atoms with Gasteiger partial charge in [0.2, 0.25) is 6.29 Å². The van der Waals surface area contributed by atoms with Gasteiger partial charge < -0.3 is 119 Å². The molecule has 0 aromatic rings. The molecule has 0 aromatic heterocycles. The number of aliphatic hydroxyl groups excluding tert-OH is 14. The van der Waals surface area contributed by atoms with E-state index >= 15 is 4.79 Å². The van der Waals surface area contributed by atoms with Gasteiger partial charge in [0, 0.05) is 0 Å². The summed E-state index contributed by atoms with van der Waals surface area (Å²) < 4.78 is 59.6. The third-order valence-electron chi connectivity index (χ3n) is 23.0. The van der Waals surface area contributed by atoms with Crippen molar-refractivity contribution in [1.29, 1.82) is 0 Å². The molecule has 0 aromatic carbocycles. The highest BCUT2D eigenvalue weighted by molar-refractivity contribution is 5.79. The van der Waals surface area contributed by atoms with Gasteiger partial charge in [-0.2, -0.15) is 0 Å². The minimum Gasteiger partial charge on any atom is -0.432 e. The van der Waals surface area contributed by atoms with Crippen LogP contribution < -0.4 is 0 Å². The summed E-state index contributed by atoms with van der Waals surface area (Å²) in [5.74, 6) is -0.449. The first-order chi connectivity index (χ1) is 39.3. The van der Waals surface area contributed by atoms with E-state index in [1.165, 1.54) is 19.4 Å². The molecule has 482 valence electrons. The Bertz CT molecular complexity index is 2340. The van der Waals surface area contributed by atoms with Crippen molar-refractivity contribution in [2.45, 2.75) is 280 Å². The Morgan fingerprint density at radius 1 is 0.560 bits per heavy atom. The maximum atomic E-state index is 15.2. The van der Waals surface area contributed by atoms with Gasteiger partial charge in [-0.15, -0.1) is 0 Å². The number of hydrogen-bond donors (Lipinski definition) is 14. The molecule has 0 radical (unpaired) electrons. The van der Waals surface area contributed by atoms with Gasteiger partial charge in [-0.3, -0.25) is 4.79 Å². The maximum Gasteiger partial charge on any atom is 0.315 e. The standard InChI is InChI=1S/C59H96O25/c1-24-34(62)38(66)42(70)49(77-24)82-46-29(21-60)79-48(45(73)41(46)69)76-23-30-37(65)40(68)44(72)51(80-30)84-53(74)59-18-16-54(3,4)20-27(59)26-10-11-32-56(7)14-13-33(55(5,6)31(56)12-15-58(32,9)57(26,8)17-19-59)81-52-47(36(64)28(61)22-75-52)83-50-43(71)39(67)35(63)25(2)78-50/h10,24-25,27-52,60-73H,11-23H2,1-9H3/t24-,25-,27+,28-,29+,30+,31-,32+,33-,34-,35-,36-,37+,38+,39+,40-,41+,42+,43+,44+,45+,46+,47+,48+,49-,50-,51-,52-,56-,57+,58+,59-/m0/s1. The molecule has 25 heteroatoms. The van der Waals surface area contributed by atoms with Crippen LogP contribution >= 0.6 is 0 Å². The van der Waals surface area contributed by atoms with Crippen LogP contribution in [0.3, 0.4) is 0 Å². The van der Waals surface area contributed by atoms with Crippen molar-refractivity contribution in [2.24, 2.45) is 50.2 Å². The number of hydrogen-bond acceptors (Lipinski definition) is 25. The first kappa shape index (κ1) is 65.2. The smallest absolute Gasteiger partial charge is 0.315 e. The van der Waals surface area contributed by atoms with Crippen LogP contribution in [0.2, 0.25) is 0 Å². The summed E-state index contributed by atoms with van der Waals surface area (Å²) in [6, 6.07) is 0. The average molecular weight is 1210 g/mol. The van der Waals surface area contributed by atoms with E-state index in [0.717, 1.165) is 25.7 Å². The van der Waals surface area contributed by atoms with Gasteiger partial charge in [0.1, 0.15) is 104 Å². The molecule has 25 nitrogen and oxygen atoms in total. The fraction of sp³-hybridized carbons (Fsp3) is 0.949. The molecule has 10 aliphatic rings. The number of ether oxygens (including phenoxy) is 10. The molecule has 14 N–H and O–H groups in total. The number of rotatable bonds is 12. The van der Waals surface area contributed by atoms with E-state index in [-0.39, 0.29) is 52.1 Å². The zero-order valence-corrected chi connectivity index (χ0v) is 49.7. The number of esters is 1. The summed E-state index contributed by atoms with van der Waals surface area (Å²) in [7, 11) is 0. The van der Waals surface area contributed by atoms with Gasteiger partial charge in [-0.1, -0.05) is 60.1 Å². The third kappa shape index (κ3) is 10.9. The average Bonchev–Trinajstić information content (AvgIpc) is 0.705. The van der Waals surface area contributed by atoms with Crippen LogP contribution in [0.1, 0.15) is 127 Å². The summed E-state index contributed by atoms with van der Waals surface area (Å²) >= 11 is 0. The van der Waals surface area contributed by atoms with E-state index in [1.54, 1.807) is 0 Å².